The van der Waals surface area contributed by atoms with Crippen LogP contribution in [0.4, 0.5) is 27.1 Å². The third kappa shape index (κ3) is 10.2. The van der Waals surface area contributed by atoms with Crippen molar-refractivity contribution < 1.29 is 22.7 Å². The molecule has 1 fully saturated rings. The number of halogens is 1. The third-order valence-electron chi connectivity index (χ3n) is 11.3. The Hall–Kier alpha value is -5.76. The smallest absolute Gasteiger partial charge is 0.338 e. The lowest BCUT2D eigenvalue weighted by atomic mass is 9.96. The van der Waals surface area contributed by atoms with E-state index in [1.165, 1.54) is 17.0 Å². The maximum atomic E-state index is 13.9. The summed E-state index contributed by atoms with van der Waals surface area (Å²) in [4.78, 5) is 20.7. The molecule has 1 atom stereocenters. The number of hydrogen-bond donors (Lipinski definition) is 3. The number of rotatable bonds is 16. The van der Waals surface area contributed by atoms with Gasteiger partial charge in [0.2, 0.25) is 0 Å². The molecular formula is C48H53FN6O4S2. The first kappa shape index (κ1) is 43.3. The molecule has 0 bridgehead atoms. The lowest BCUT2D eigenvalue weighted by Gasteiger charge is -2.37. The van der Waals surface area contributed by atoms with Gasteiger partial charge in [-0.05, 0) is 149 Å². The molecule has 0 amide bonds. The summed E-state index contributed by atoms with van der Waals surface area (Å²) in [5.74, 6) is -0.488. The lowest BCUT2D eigenvalue weighted by Crippen LogP contribution is -2.46. The van der Waals surface area contributed by atoms with Crippen molar-refractivity contribution in [1.29, 1.82) is 0 Å². The zero-order valence-electron chi connectivity index (χ0n) is 35.2. The highest BCUT2D eigenvalue weighted by atomic mass is 32.2. The predicted molar refractivity (Wildman–Crippen MR) is 249 cm³/mol. The minimum absolute atomic E-state index is 0.196. The normalized spacial score (nSPS) is 13.7. The number of carboxylic acids is 1. The van der Waals surface area contributed by atoms with Crippen molar-refractivity contribution in [2.45, 2.75) is 36.1 Å². The number of aryl methyl sites for hydroxylation is 1. The van der Waals surface area contributed by atoms with Gasteiger partial charge in [0.25, 0.3) is 10.0 Å². The van der Waals surface area contributed by atoms with E-state index in [1.54, 1.807) is 43.3 Å². The average molecular weight is 861 g/mol. The van der Waals surface area contributed by atoms with E-state index >= 15 is 0 Å². The number of nitrogens with one attached hydrogen (secondary N) is 2. The van der Waals surface area contributed by atoms with E-state index in [0.29, 0.717) is 16.9 Å². The number of nitrogens with zero attached hydrogens (tertiary/aromatic N) is 4. The quantitative estimate of drug-likeness (QED) is 0.0821. The number of sulfonamides is 1. The molecule has 0 radical (unpaired) electrons. The van der Waals surface area contributed by atoms with Gasteiger partial charge in [0, 0.05) is 83.9 Å². The van der Waals surface area contributed by atoms with E-state index < -0.39 is 16.0 Å². The topological polar surface area (TPSA) is 110 Å². The highest BCUT2D eigenvalue weighted by Crippen LogP contribution is 2.40. The molecule has 13 heteroatoms. The molecule has 7 rings (SSSR count). The molecule has 3 N–H and O–H groups in total. The van der Waals surface area contributed by atoms with E-state index in [-0.39, 0.29) is 22.3 Å². The van der Waals surface area contributed by atoms with Crippen LogP contribution < -0.4 is 19.8 Å². The van der Waals surface area contributed by atoms with Crippen molar-refractivity contribution in [2.24, 2.45) is 7.05 Å². The Morgan fingerprint density at radius 3 is 2.13 bits per heavy atom. The molecule has 5 aromatic carbocycles. The summed E-state index contributed by atoms with van der Waals surface area (Å²) >= 11 is 1.81. The number of anilines is 4. The molecular weight excluding hydrogens is 808 g/mol. The number of carboxylic acid groups (broad SMARTS) is 1. The second-order valence-corrected chi connectivity index (χ2v) is 18.5. The molecule has 0 unspecified atom stereocenters. The van der Waals surface area contributed by atoms with Crippen molar-refractivity contribution in [3.8, 4) is 22.4 Å². The molecule has 1 saturated heterocycles. The van der Waals surface area contributed by atoms with Crippen molar-refractivity contribution in [2.75, 3.05) is 72.4 Å². The number of aromatic nitrogens is 1. The van der Waals surface area contributed by atoms with Gasteiger partial charge in [-0.25, -0.2) is 17.6 Å². The first-order valence-corrected chi connectivity index (χ1v) is 22.9. The summed E-state index contributed by atoms with van der Waals surface area (Å²) < 4.78 is 45.6. The standard InChI is InChI=1S/C48H53FN6O4S2/c1-33-30-43(22-23-44(33)50-39(24-25-52(3)4)32-60-42-12-7-6-8-13-42)61(58,59)51-38-18-20-40(21-19-38)54-26-28-55(29-27-54)41-11-9-10-36(31-41)46-45(48(56)57)34(2)53(5)47(46)35-14-16-37(49)17-15-35/h6-23,30-31,39,50-51H,24-29,32H2,1-5H3,(H,56,57)/t39-/m1/s1. The van der Waals surface area contributed by atoms with E-state index in [9.17, 15) is 22.7 Å². The molecule has 2 heterocycles. The van der Waals surface area contributed by atoms with Crippen LogP contribution >= 0.6 is 11.8 Å². The molecule has 0 saturated carbocycles. The van der Waals surface area contributed by atoms with Crippen LogP contribution in [0.25, 0.3) is 22.4 Å². The van der Waals surface area contributed by atoms with Crippen LogP contribution in [-0.2, 0) is 17.1 Å². The van der Waals surface area contributed by atoms with Gasteiger partial charge in [-0.2, -0.15) is 0 Å². The van der Waals surface area contributed by atoms with Gasteiger partial charge < -0.3 is 29.7 Å². The van der Waals surface area contributed by atoms with Crippen LogP contribution in [0.3, 0.4) is 0 Å². The molecule has 61 heavy (non-hydrogen) atoms. The number of carbonyl (C=O) groups is 1. The number of aromatic carboxylic acids is 1. The molecule has 1 aliphatic heterocycles. The molecule has 1 aromatic heterocycles. The Morgan fingerprint density at radius 2 is 1.49 bits per heavy atom. The van der Waals surface area contributed by atoms with Gasteiger partial charge in [0.15, 0.2) is 0 Å². The van der Waals surface area contributed by atoms with Gasteiger partial charge >= 0.3 is 5.97 Å². The van der Waals surface area contributed by atoms with Gasteiger partial charge in [-0.15, -0.1) is 11.8 Å². The second kappa shape index (κ2) is 18.9. The van der Waals surface area contributed by atoms with Gasteiger partial charge in [0.05, 0.1) is 16.2 Å². The number of benzene rings is 5. The maximum Gasteiger partial charge on any atom is 0.338 e. The van der Waals surface area contributed by atoms with E-state index in [4.69, 9.17) is 0 Å². The fourth-order valence-electron chi connectivity index (χ4n) is 7.84. The van der Waals surface area contributed by atoms with Gasteiger partial charge in [-0.3, -0.25) is 4.72 Å². The monoisotopic (exact) mass is 860 g/mol. The van der Waals surface area contributed by atoms with Gasteiger partial charge in [0.1, 0.15) is 5.82 Å². The van der Waals surface area contributed by atoms with E-state index in [0.717, 1.165) is 84.3 Å². The Morgan fingerprint density at radius 1 is 0.820 bits per heavy atom. The molecule has 1 aliphatic rings. The summed E-state index contributed by atoms with van der Waals surface area (Å²) in [5, 5.41) is 14.0. The van der Waals surface area contributed by atoms with Crippen LogP contribution in [-0.4, -0.2) is 87.6 Å². The fourth-order valence-corrected chi connectivity index (χ4v) is 9.97. The molecule has 0 spiro atoms. The predicted octanol–water partition coefficient (Wildman–Crippen LogP) is 9.47. The highest BCUT2D eigenvalue weighted by Gasteiger charge is 2.27. The molecule has 6 aromatic rings. The van der Waals surface area contributed by atoms with E-state index in [1.807, 2.05) is 91.0 Å². The number of piperazine rings is 1. The van der Waals surface area contributed by atoms with Crippen LogP contribution in [0.2, 0.25) is 0 Å². The summed E-state index contributed by atoms with van der Waals surface area (Å²) in [5.41, 5.74) is 7.92. The Bertz CT molecular complexity index is 2570. The largest absolute Gasteiger partial charge is 0.478 e. The van der Waals surface area contributed by atoms with E-state index in [2.05, 4.69) is 51.0 Å². The Kier molecular flexibility index (Phi) is 13.4. The minimum atomic E-state index is -3.83. The van der Waals surface area contributed by atoms with Crippen molar-refractivity contribution in [3.63, 3.8) is 0 Å². The van der Waals surface area contributed by atoms with Crippen molar-refractivity contribution >= 4 is 50.5 Å². The van der Waals surface area contributed by atoms with Crippen LogP contribution in [0, 0.1) is 19.7 Å². The number of thioether (sulfide) groups is 1. The van der Waals surface area contributed by atoms with Crippen LogP contribution in [0.15, 0.2) is 131 Å². The molecule has 0 aliphatic carbocycles. The Balaban J connectivity index is 0.986. The SMILES string of the molecule is Cc1cc(S(=O)(=O)Nc2ccc(N3CCN(c4cccc(-c5c(C(=O)O)c(C)n(C)c5-c5ccc(F)cc5)c4)CC3)cc2)ccc1N[C@H](CCN(C)C)CSc1ccccc1. The number of hydrogen-bond acceptors (Lipinski definition) is 8. The fraction of sp³-hybridized carbons (Fsp3) is 0.271. The zero-order chi connectivity index (χ0) is 43.3. The summed E-state index contributed by atoms with van der Waals surface area (Å²) in [6.45, 7) is 7.60. The molecule has 318 valence electrons. The van der Waals surface area contributed by atoms with Crippen molar-refractivity contribution in [1.82, 2.24) is 9.47 Å². The Labute approximate surface area is 363 Å². The lowest BCUT2D eigenvalue weighted by molar-refractivity contribution is 0.0696. The first-order valence-electron chi connectivity index (χ1n) is 20.4. The first-order chi connectivity index (χ1) is 29.3. The summed E-state index contributed by atoms with van der Waals surface area (Å²) in [6.07, 6.45) is 0.945. The molecule has 10 nitrogen and oxygen atoms in total. The van der Waals surface area contributed by atoms with Crippen molar-refractivity contribution in [3.05, 3.63) is 144 Å². The third-order valence-corrected chi connectivity index (χ3v) is 13.8. The zero-order valence-corrected chi connectivity index (χ0v) is 36.9. The average Bonchev–Trinajstić information content (AvgIpc) is 3.52. The maximum absolute atomic E-state index is 13.9. The van der Waals surface area contributed by atoms with Crippen LogP contribution in [0.5, 0.6) is 0 Å². The highest BCUT2D eigenvalue weighted by molar-refractivity contribution is 7.99. The van der Waals surface area contributed by atoms with Crippen LogP contribution in [0.1, 0.15) is 28.0 Å². The second-order valence-electron chi connectivity index (χ2n) is 15.8. The summed E-state index contributed by atoms with van der Waals surface area (Å²) in [7, 11) is 2.14. The van der Waals surface area contributed by atoms with Gasteiger partial charge in [-0.1, -0.05) is 30.3 Å². The minimum Gasteiger partial charge on any atom is -0.478 e. The summed E-state index contributed by atoms with van der Waals surface area (Å²) in [6, 6.07) is 37.3.